The number of ether oxygens (including phenoxy) is 1. The topological polar surface area (TPSA) is 47.6 Å². The summed E-state index contributed by atoms with van der Waals surface area (Å²) < 4.78 is 4.96. The van der Waals surface area contributed by atoms with Gasteiger partial charge in [0.25, 0.3) is 0 Å². The quantitative estimate of drug-likeness (QED) is 0.785. The van der Waals surface area contributed by atoms with Crippen LogP contribution >= 0.6 is 28.7 Å². The van der Waals surface area contributed by atoms with Gasteiger partial charge in [-0.05, 0) is 6.42 Å². The maximum absolute atomic E-state index is 5.51. The first-order chi connectivity index (χ1) is 4.83. The van der Waals surface area contributed by atoms with Crippen molar-refractivity contribution >= 4 is 33.9 Å². The summed E-state index contributed by atoms with van der Waals surface area (Å²) >= 11 is 1.62. The molecule has 0 saturated carbocycles. The standard InChI is InChI=1S/C6H12N2OS.BrH/c1-9-4-5-2-3-10-6(7)8-5;/h5H,2-4H2,1H3,(H2,7,8);1H/t5-;/m0./s1. The molecule has 1 rings (SSSR count). The van der Waals surface area contributed by atoms with Crippen LogP contribution in [-0.4, -0.2) is 30.7 Å². The van der Waals surface area contributed by atoms with Gasteiger partial charge in [0, 0.05) is 12.9 Å². The number of rotatable bonds is 2. The fourth-order valence-electron chi connectivity index (χ4n) is 0.894. The molecule has 1 atom stereocenters. The second-order valence-corrected chi connectivity index (χ2v) is 3.33. The first-order valence-corrected chi connectivity index (χ1v) is 4.26. The van der Waals surface area contributed by atoms with Crippen molar-refractivity contribution in [3.8, 4) is 0 Å². The molecule has 0 amide bonds. The predicted molar refractivity (Wildman–Crippen MR) is 54.7 cm³/mol. The zero-order valence-electron chi connectivity index (χ0n) is 6.45. The number of hydrogen-bond donors (Lipinski definition) is 1. The number of aliphatic imine (C=N–C) groups is 1. The molecule has 1 aliphatic heterocycles. The van der Waals surface area contributed by atoms with E-state index in [1.807, 2.05) is 0 Å². The third-order valence-corrected chi connectivity index (χ3v) is 2.21. The average molecular weight is 241 g/mol. The number of thioether (sulfide) groups is 1. The first-order valence-electron chi connectivity index (χ1n) is 3.28. The lowest BCUT2D eigenvalue weighted by atomic mass is 10.2. The molecule has 2 N–H and O–H groups in total. The van der Waals surface area contributed by atoms with Gasteiger partial charge >= 0.3 is 0 Å². The van der Waals surface area contributed by atoms with Gasteiger partial charge < -0.3 is 10.5 Å². The highest BCUT2D eigenvalue weighted by molar-refractivity contribution is 8.93. The van der Waals surface area contributed by atoms with Crippen LogP contribution in [0.4, 0.5) is 0 Å². The molecule has 3 nitrogen and oxygen atoms in total. The Morgan fingerprint density at radius 1 is 1.82 bits per heavy atom. The summed E-state index contributed by atoms with van der Waals surface area (Å²) in [6.45, 7) is 0.696. The zero-order chi connectivity index (χ0) is 7.40. The van der Waals surface area contributed by atoms with Gasteiger partial charge in [-0.3, -0.25) is 4.99 Å². The largest absolute Gasteiger partial charge is 0.382 e. The van der Waals surface area contributed by atoms with Crippen molar-refractivity contribution in [2.24, 2.45) is 10.7 Å². The molecule has 1 heterocycles. The van der Waals surface area contributed by atoms with E-state index >= 15 is 0 Å². The summed E-state index contributed by atoms with van der Waals surface area (Å²) in [4.78, 5) is 4.20. The van der Waals surface area contributed by atoms with Crippen molar-refractivity contribution < 1.29 is 4.74 Å². The van der Waals surface area contributed by atoms with E-state index in [-0.39, 0.29) is 17.0 Å². The molecule has 0 unspecified atom stereocenters. The zero-order valence-corrected chi connectivity index (χ0v) is 8.98. The maximum Gasteiger partial charge on any atom is 0.154 e. The summed E-state index contributed by atoms with van der Waals surface area (Å²) in [5.74, 6) is 1.07. The summed E-state index contributed by atoms with van der Waals surface area (Å²) in [5, 5.41) is 0.702. The molecule has 66 valence electrons. The monoisotopic (exact) mass is 240 g/mol. The van der Waals surface area contributed by atoms with Crippen molar-refractivity contribution in [3.05, 3.63) is 0 Å². The number of amidine groups is 1. The third kappa shape index (κ3) is 3.98. The number of halogens is 1. The molecule has 0 aliphatic carbocycles. The van der Waals surface area contributed by atoms with Gasteiger partial charge in [-0.1, -0.05) is 11.8 Å². The van der Waals surface area contributed by atoms with E-state index in [9.17, 15) is 0 Å². The molecule has 1 aliphatic rings. The highest BCUT2D eigenvalue weighted by Crippen LogP contribution is 2.14. The normalized spacial score (nSPS) is 23.7. The van der Waals surface area contributed by atoms with Gasteiger partial charge in [-0.15, -0.1) is 17.0 Å². The Kier molecular flexibility index (Phi) is 5.99. The molecule has 11 heavy (non-hydrogen) atoms. The fourth-order valence-corrected chi connectivity index (χ4v) is 1.72. The minimum absolute atomic E-state index is 0. The summed E-state index contributed by atoms with van der Waals surface area (Å²) in [6.07, 6.45) is 1.08. The number of nitrogens with zero attached hydrogens (tertiary/aromatic N) is 1. The highest BCUT2D eigenvalue weighted by atomic mass is 79.9. The van der Waals surface area contributed by atoms with Crippen LogP contribution in [0.5, 0.6) is 0 Å². The second-order valence-electron chi connectivity index (χ2n) is 2.21. The SMILES string of the molecule is Br.COC[C@@H]1CCSC(N)=N1. The van der Waals surface area contributed by atoms with E-state index in [0.29, 0.717) is 17.8 Å². The third-order valence-electron chi connectivity index (χ3n) is 1.37. The van der Waals surface area contributed by atoms with Crippen LogP contribution in [0.25, 0.3) is 0 Å². The van der Waals surface area contributed by atoms with Crippen LogP contribution in [0.3, 0.4) is 0 Å². The van der Waals surface area contributed by atoms with E-state index in [4.69, 9.17) is 10.5 Å². The molecule has 0 aromatic heterocycles. The van der Waals surface area contributed by atoms with Gasteiger partial charge in [-0.25, -0.2) is 0 Å². The van der Waals surface area contributed by atoms with Gasteiger partial charge in [0.15, 0.2) is 5.17 Å². The first kappa shape index (κ1) is 11.3. The highest BCUT2D eigenvalue weighted by Gasteiger charge is 2.12. The lowest BCUT2D eigenvalue weighted by molar-refractivity contribution is 0.179. The number of hydrogen-bond acceptors (Lipinski definition) is 4. The van der Waals surface area contributed by atoms with E-state index in [1.165, 1.54) is 0 Å². The Bertz CT molecular complexity index is 143. The number of methoxy groups -OCH3 is 1. The minimum Gasteiger partial charge on any atom is -0.382 e. The van der Waals surface area contributed by atoms with Crippen molar-refractivity contribution in [2.75, 3.05) is 19.5 Å². The van der Waals surface area contributed by atoms with E-state index in [0.717, 1.165) is 12.2 Å². The van der Waals surface area contributed by atoms with Crippen molar-refractivity contribution in [3.63, 3.8) is 0 Å². The van der Waals surface area contributed by atoms with Gasteiger partial charge in [-0.2, -0.15) is 0 Å². The van der Waals surface area contributed by atoms with E-state index < -0.39 is 0 Å². The van der Waals surface area contributed by atoms with Crippen LogP contribution in [0, 0.1) is 0 Å². The van der Waals surface area contributed by atoms with Crippen LogP contribution < -0.4 is 5.73 Å². The lowest BCUT2D eigenvalue weighted by Gasteiger charge is -2.16. The summed E-state index contributed by atoms with van der Waals surface area (Å²) in [6, 6.07) is 0.297. The van der Waals surface area contributed by atoms with Gasteiger partial charge in [0.05, 0.1) is 12.6 Å². The summed E-state index contributed by atoms with van der Waals surface area (Å²) in [7, 11) is 1.69. The minimum atomic E-state index is 0. The van der Waals surface area contributed by atoms with Crippen LogP contribution in [-0.2, 0) is 4.74 Å². The molecule has 0 bridgehead atoms. The average Bonchev–Trinajstić information content (AvgIpc) is 1.88. The Hall–Kier alpha value is 0.260. The molecule has 0 aromatic carbocycles. The van der Waals surface area contributed by atoms with E-state index in [1.54, 1.807) is 18.9 Å². The molecular formula is C6H13BrN2OS. The molecule has 0 spiro atoms. The smallest absolute Gasteiger partial charge is 0.154 e. The molecule has 0 radical (unpaired) electrons. The lowest BCUT2D eigenvalue weighted by Crippen LogP contribution is -2.23. The van der Waals surface area contributed by atoms with Crippen molar-refractivity contribution in [2.45, 2.75) is 12.5 Å². The van der Waals surface area contributed by atoms with E-state index in [2.05, 4.69) is 4.99 Å². The summed E-state index contributed by atoms with van der Waals surface area (Å²) in [5.41, 5.74) is 5.51. The molecule has 5 heteroatoms. The Balaban J connectivity index is 0.000001000. The molecule has 0 fully saturated rings. The number of nitrogens with two attached hydrogens (primary N) is 1. The van der Waals surface area contributed by atoms with Gasteiger partial charge in [0.2, 0.25) is 0 Å². The predicted octanol–water partition coefficient (Wildman–Crippen LogP) is 1.03. The fraction of sp³-hybridized carbons (Fsp3) is 0.833. The van der Waals surface area contributed by atoms with Crippen molar-refractivity contribution in [1.82, 2.24) is 0 Å². The van der Waals surface area contributed by atoms with Gasteiger partial charge in [0.1, 0.15) is 0 Å². The molecule has 0 aromatic rings. The Labute approximate surface area is 81.5 Å². The van der Waals surface area contributed by atoms with Crippen LogP contribution in [0.1, 0.15) is 6.42 Å². The Morgan fingerprint density at radius 3 is 3.09 bits per heavy atom. The molecule has 0 saturated heterocycles. The van der Waals surface area contributed by atoms with Crippen LogP contribution in [0.15, 0.2) is 4.99 Å². The second kappa shape index (κ2) is 5.85. The van der Waals surface area contributed by atoms with Crippen molar-refractivity contribution in [1.29, 1.82) is 0 Å². The van der Waals surface area contributed by atoms with Crippen LogP contribution in [0.2, 0.25) is 0 Å². The maximum atomic E-state index is 5.51. The Morgan fingerprint density at radius 2 is 2.55 bits per heavy atom. The molecular weight excluding hydrogens is 228 g/mol.